The highest BCUT2D eigenvalue weighted by atomic mass is 35.5. The second kappa shape index (κ2) is 6.13. The number of nitrogens with zero attached hydrogens (tertiary/aromatic N) is 1. The van der Waals surface area contributed by atoms with Gasteiger partial charge in [-0.25, -0.2) is 4.79 Å². The highest BCUT2D eigenvalue weighted by Crippen LogP contribution is 2.28. The number of nitrogen functional groups attached to an aromatic ring is 1. The van der Waals surface area contributed by atoms with Crippen LogP contribution in [0.2, 0.25) is 10.0 Å². The molecular weight excluding hydrogens is 321 g/mol. The number of benzene rings is 1. The van der Waals surface area contributed by atoms with E-state index in [-0.39, 0.29) is 21.6 Å². The number of nitrogens with two attached hydrogens (primary N) is 2. The smallest absolute Gasteiger partial charge is 0.375 e. The third-order valence-corrected chi connectivity index (χ3v) is 3.80. The molecular formula is C12H9Cl2N3O2S. The van der Waals surface area contributed by atoms with Crippen LogP contribution in [0.25, 0.3) is 0 Å². The minimum atomic E-state index is -0.587. The van der Waals surface area contributed by atoms with Crippen molar-refractivity contribution < 1.29 is 9.63 Å². The lowest BCUT2D eigenvalue weighted by Gasteiger charge is -2.05. The number of amidine groups is 1. The summed E-state index contributed by atoms with van der Waals surface area (Å²) in [7, 11) is 0. The third-order valence-electron chi connectivity index (χ3n) is 2.32. The van der Waals surface area contributed by atoms with E-state index >= 15 is 0 Å². The number of thiophene rings is 1. The number of hydrogen-bond donors (Lipinski definition) is 2. The zero-order valence-corrected chi connectivity index (χ0v) is 12.3. The number of oxime groups is 1. The molecule has 1 aromatic heterocycles. The fourth-order valence-electron chi connectivity index (χ4n) is 1.32. The summed E-state index contributed by atoms with van der Waals surface area (Å²) in [6, 6.07) is 6.32. The standard InChI is InChI=1S/C12H9Cl2N3O2S/c13-7-4-6(5-8(14)10(7)15)11(16)17-19-12(18)9-2-1-3-20-9/h1-5H,15H2,(H2,16,17). The highest BCUT2D eigenvalue weighted by molar-refractivity contribution is 7.11. The van der Waals surface area contributed by atoms with Crippen LogP contribution in [0.3, 0.4) is 0 Å². The van der Waals surface area contributed by atoms with Gasteiger partial charge in [0.1, 0.15) is 4.88 Å². The first kappa shape index (κ1) is 14.6. The molecule has 104 valence electrons. The van der Waals surface area contributed by atoms with Gasteiger partial charge in [-0.2, -0.15) is 0 Å². The van der Waals surface area contributed by atoms with Gasteiger partial charge >= 0.3 is 5.97 Å². The second-order valence-electron chi connectivity index (χ2n) is 3.69. The van der Waals surface area contributed by atoms with Crippen molar-refractivity contribution in [2.24, 2.45) is 10.9 Å². The molecule has 1 heterocycles. The zero-order valence-electron chi connectivity index (χ0n) is 9.97. The van der Waals surface area contributed by atoms with Crippen LogP contribution >= 0.6 is 34.5 Å². The van der Waals surface area contributed by atoms with Gasteiger partial charge in [0, 0.05) is 5.56 Å². The van der Waals surface area contributed by atoms with Crippen LogP contribution in [0.15, 0.2) is 34.8 Å². The van der Waals surface area contributed by atoms with E-state index in [1.165, 1.54) is 23.5 Å². The minimum absolute atomic E-state index is 0.0290. The molecule has 0 fully saturated rings. The van der Waals surface area contributed by atoms with Gasteiger partial charge in [0.15, 0.2) is 5.84 Å². The maximum atomic E-state index is 11.6. The van der Waals surface area contributed by atoms with Crippen LogP contribution in [0, 0.1) is 0 Å². The molecule has 0 atom stereocenters. The molecule has 4 N–H and O–H groups in total. The van der Waals surface area contributed by atoms with E-state index in [4.69, 9.17) is 39.5 Å². The Morgan fingerprint density at radius 1 is 1.30 bits per heavy atom. The Balaban J connectivity index is 2.17. The maximum absolute atomic E-state index is 11.6. The number of anilines is 1. The Labute approximate surface area is 128 Å². The van der Waals surface area contributed by atoms with Crippen molar-refractivity contribution in [3.63, 3.8) is 0 Å². The lowest BCUT2D eigenvalue weighted by molar-refractivity contribution is 0.0522. The molecule has 2 aromatic rings. The van der Waals surface area contributed by atoms with Crippen LogP contribution in [-0.2, 0) is 4.84 Å². The summed E-state index contributed by atoms with van der Waals surface area (Å²) in [5, 5.41) is 5.80. The third kappa shape index (κ3) is 3.22. The van der Waals surface area contributed by atoms with E-state index in [2.05, 4.69) is 5.16 Å². The summed E-state index contributed by atoms with van der Waals surface area (Å²) in [5.41, 5.74) is 12.0. The van der Waals surface area contributed by atoms with Crippen LogP contribution in [-0.4, -0.2) is 11.8 Å². The molecule has 1 aromatic carbocycles. The monoisotopic (exact) mass is 329 g/mol. The summed E-state index contributed by atoms with van der Waals surface area (Å²) in [6.45, 7) is 0. The van der Waals surface area contributed by atoms with Crippen molar-refractivity contribution in [1.82, 2.24) is 0 Å². The van der Waals surface area contributed by atoms with Crippen LogP contribution < -0.4 is 11.5 Å². The molecule has 20 heavy (non-hydrogen) atoms. The van der Waals surface area contributed by atoms with E-state index in [1.807, 2.05) is 0 Å². The fraction of sp³-hybridized carbons (Fsp3) is 0. The van der Waals surface area contributed by atoms with Crippen molar-refractivity contribution >= 4 is 52.0 Å². The quantitative estimate of drug-likeness (QED) is 0.297. The number of carbonyl (C=O) groups is 1. The number of hydrogen-bond acceptors (Lipinski definition) is 5. The molecule has 8 heteroatoms. The van der Waals surface area contributed by atoms with Crippen molar-refractivity contribution in [1.29, 1.82) is 0 Å². The largest absolute Gasteiger partial charge is 0.396 e. The number of rotatable bonds is 3. The molecule has 0 bridgehead atoms. The van der Waals surface area contributed by atoms with Gasteiger partial charge in [-0.1, -0.05) is 34.4 Å². The number of carbonyl (C=O) groups excluding carboxylic acids is 1. The molecule has 0 spiro atoms. The van der Waals surface area contributed by atoms with Gasteiger partial charge in [0.2, 0.25) is 0 Å². The summed E-state index contributed by atoms with van der Waals surface area (Å²) in [4.78, 5) is 16.7. The topological polar surface area (TPSA) is 90.7 Å². The van der Waals surface area contributed by atoms with E-state index in [1.54, 1.807) is 17.5 Å². The first-order valence-electron chi connectivity index (χ1n) is 5.32. The first-order chi connectivity index (χ1) is 9.49. The molecule has 0 saturated carbocycles. The second-order valence-corrected chi connectivity index (χ2v) is 5.45. The van der Waals surface area contributed by atoms with Crippen LogP contribution in [0.1, 0.15) is 15.2 Å². The van der Waals surface area contributed by atoms with E-state index in [9.17, 15) is 4.79 Å². The Morgan fingerprint density at radius 2 is 1.95 bits per heavy atom. The lowest BCUT2D eigenvalue weighted by atomic mass is 10.2. The van der Waals surface area contributed by atoms with Gasteiger partial charge in [0.25, 0.3) is 0 Å². The van der Waals surface area contributed by atoms with Gasteiger partial charge < -0.3 is 16.3 Å². The Bertz CT molecular complexity index is 648. The molecule has 0 aliphatic carbocycles. The molecule has 0 radical (unpaired) electrons. The van der Waals surface area contributed by atoms with Crippen molar-refractivity contribution in [2.75, 3.05) is 5.73 Å². The van der Waals surface area contributed by atoms with Gasteiger partial charge in [-0.05, 0) is 23.6 Å². The SMILES string of the molecule is N/C(=N/OC(=O)c1cccs1)c1cc(Cl)c(N)c(Cl)c1. The van der Waals surface area contributed by atoms with Gasteiger partial charge in [0.05, 0.1) is 15.7 Å². The van der Waals surface area contributed by atoms with Gasteiger partial charge in [-0.3, -0.25) is 0 Å². The minimum Gasteiger partial charge on any atom is -0.396 e. The Hall–Kier alpha value is -1.76. The summed E-state index contributed by atoms with van der Waals surface area (Å²) < 4.78 is 0. The van der Waals surface area contributed by atoms with E-state index < -0.39 is 5.97 Å². The summed E-state index contributed by atoms with van der Waals surface area (Å²) >= 11 is 13.0. The molecule has 0 aliphatic heterocycles. The molecule has 0 amide bonds. The van der Waals surface area contributed by atoms with Crippen molar-refractivity contribution in [3.05, 3.63) is 50.1 Å². The highest BCUT2D eigenvalue weighted by Gasteiger charge is 2.11. The number of halogens is 2. The first-order valence-corrected chi connectivity index (χ1v) is 6.96. The predicted octanol–water partition coefficient (Wildman–Crippen LogP) is 3.11. The zero-order chi connectivity index (χ0) is 14.7. The van der Waals surface area contributed by atoms with Gasteiger partial charge in [-0.15, -0.1) is 11.3 Å². The molecule has 0 aliphatic rings. The molecule has 0 unspecified atom stereocenters. The molecule has 0 saturated heterocycles. The lowest BCUT2D eigenvalue weighted by Crippen LogP contribution is -2.15. The Morgan fingerprint density at radius 3 is 2.50 bits per heavy atom. The van der Waals surface area contributed by atoms with Crippen LogP contribution in [0.4, 0.5) is 5.69 Å². The molecule has 5 nitrogen and oxygen atoms in total. The van der Waals surface area contributed by atoms with E-state index in [0.29, 0.717) is 10.4 Å². The average Bonchev–Trinajstić information content (AvgIpc) is 2.95. The average molecular weight is 330 g/mol. The maximum Gasteiger partial charge on any atom is 0.375 e. The molecule has 2 rings (SSSR count). The van der Waals surface area contributed by atoms with E-state index in [0.717, 1.165) is 0 Å². The Kier molecular flexibility index (Phi) is 4.49. The summed E-state index contributed by atoms with van der Waals surface area (Å²) in [6.07, 6.45) is 0. The predicted molar refractivity (Wildman–Crippen MR) is 81.3 cm³/mol. The van der Waals surface area contributed by atoms with Crippen molar-refractivity contribution in [3.8, 4) is 0 Å². The van der Waals surface area contributed by atoms with Crippen molar-refractivity contribution in [2.45, 2.75) is 0 Å². The normalized spacial score (nSPS) is 11.4. The van der Waals surface area contributed by atoms with Crippen LogP contribution in [0.5, 0.6) is 0 Å². The fourth-order valence-corrected chi connectivity index (χ4v) is 2.40. The summed E-state index contributed by atoms with van der Waals surface area (Å²) in [5.74, 6) is -0.616.